The maximum absolute atomic E-state index is 9.25. The van der Waals surface area contributed by atoms with Crippen LogP contribution in [0.5, 0.6) is 0 Å². The molecular formula is C48H30O. The van der Waals surface area contributed by atoms with Crippen molar-refractivity contribution in [1.29, 1.82) is 0 Å². The second-order valence-corrected chi connectivity index (χ2v) is 11.8. The predicted molar refractivity (Wildman–Crippen MR) is 208 cm³/mol. The van der Waals surface area contributed by atoms with Crippen molar-refractivity contribution in [1.82, 2.24) is 0 Å². The second kappa shape index (κ2) is 11.1. The van der Waals surface area contributed by atoms with E-state index < -0.39 is 84.1 Å². The second-order valence-electron chi connectivity index (χ2n) is 11.8. The molecule has 0 radical (unpaired) electrons. The van der Waals surface area contributed by atoms with Gasteiger partial charge in [-0.1, -0.05) is 182 Å². The summed E-state index contributed by atoms with van der Waals surface area (Å²) in [5, 5.41) is 3.26. The topological polar surface area (TPSA) is 13.1 Å². The van der Waals surface area contributed by atoms with Gasteiger partial charge in [-0.15, -0.1) is 0 Å². The monoisotopic (exact) mass is 635 g/mol. The number of hydrogen-bond acceptors (Lipinski definition) is 1. The Labute approximate surface area is 302 Å². The fourth-order valence-electron chi connectivity index (χ4n) is 7.08. The summed E-state index contributed by atoms with van der Waals surface area (Å²) >= 11 is 0. The molecule has 0 unspecified atom stereocenters. The minimum Gasteiger partial charge on any atom is -0.455 e. The Morgan fingerprint density at radius 2 is 0.796 bits per heavy atom. The first kappa shape index (κ1) is 17.6. The van der Waals surface area contributed by atoms with Gasteiger partial charge in [0, 0.05) is 21.9 Å². The van der Waals surface area contributed by atoms with Gasteiger partial charge in [0.1, 0.15) is 11.2 Å². The van der Waals surface area contributed by atoms with Gasteiger partial charge in [0.15, 0.2) is 0 Å². The average Bonchev–Trinajstić information content (AvgIpc) is 3.69. The highest BCUT2D eigenvalue weighted by Gasteiger charge is 2.19. The van der Waals surface area contributed by atoms with Gasteiger partial charge in [0.05, 0.1) is 17.8 Å². The number of rotatable bonds is 4. The molecule has 0 saturated heterocycles. The molecule has 0 bridgehead atoms. The maximum Gasteiger partial charge on any atom is 0.143 e. The van der Waals surface area contributed by atoms with Crippen molar-refractivity contribution in [2.75, 3.05) is 0 Å². The van der Waals surface area contributed by atoms with E-state index in [1.807, 2.05) is 54.6 Å². The van der Waals surface area contributed by atoms with Crippen LogP contribution in [0.15, 0.2) is 186 Å². The molecular weight excluding hydrogens is 593 g/mol. The molecule has 0 aliphatic carbocycles. The van der Waals surface area contributed by atoms with Crippen LogP contribution in [-0.4, -0.2) is 0 Å². The third-order valence-electron chi connectivity index (χ3n) is 9.21. The molecule has 1 nitrogen and oxygen atoms in total. The molecule has 1 heteroatoms. The van der Waals surface area contributed by atoms with Gasteiger partial charge in [0.2, 0.25) is 0 Å². The van der Waals surface area contributed by atoms with E-state index in [1.54, 1.807) is 24.3 Å². The summed E-state index contributed by atoms with van der Waals surface area (Å²) in [6.45, 7) is 0. The lowest BCUT2D eigenvalue weighted by Crippen LogP contribution is -1.90. The van der Waals surface area contributed by atoms with Crippen molar-refractivity contribution < 1.29 is 22.2 Å². The molecule has 0 atom stereocenters. The molecule has 228 valence electrons. The molecule has 10 aromatic rings. The Bertz CT molecular complexity index is 3500. The van der Waals surface area contributed by atoms with Crippen LogP contribution in [-0.2, 0) is 0 Å². The van der Waals surface area contributed by atoms with E-state index in [4.69, 9.17) is 16.8 Å². The highest BCUT2D eigenvalue weighted by molar-refractivity contribution is 6.21. The van der Waals surface area contributed by atoms with Crippen LogP contribution in [0.3, 0.4) is 0 Å². The first-order chi connectivity index (χ1) is 29.7. The molecule has 0 saturated carbocycles. The van der Waals surface area contributed by atoms with Gasteiger partial charge in [0.25, 0.3) is 0 Å². The minimum atomic E-state index is -0.715. The Hall–Kier alpha value is -6.44. The number of fused-ring (bicyclic) bond motifs is 6. The molecule has 0 spiro atoms. The van der Waals surface area contributed by atoms with Crippen molar-refractivity contribution >= 4 is 54.3 Å². The Morgan fingerprint density at radius 3 is 1.47 bits per heavy atom. The molecule has 0 N–H and O–H groups in total. The van der Waals surface area contributed by atoms with Gasteiger partial charge < -0.3 is 4.42 Å². The van der Waals surface area contributed by atoms with Crippen molar-refractivity contribution in [3.05, 3.63) is 182 Å². The van der Waals surface area contributed by atoms with E-state index >= 15 is 0 Å². The molecule has 1 heterocycles. The zero-order valence-corrected chi connectivity index (χ0v) is 25.7. The molecule has 10 rings (SSSR count). The maximum atomic E-state index is 9.25. The van der Waals surface area contributed by atoms with E-state index in [0.717, 1.165) is 49.4 Å². The van der Waals surface area contributed by atoms with Gasteiger partial charge in [-0.2, -0.15) is 0 Å². The molecule has 0 aliphatic rings. The lowest BCUT2D eigenvalue weighted by molar-refractivity contribution is 0.671. The van der Waals surface area contributed by atoms with Gasteiger partial charge in [-0.05, 0) is 65.7 Å². The lowest BCUT2D eigenvalue weighted by Gasteiger charge is -2.18. The van der Waals surface area contributed by atoms with E-state index in [9.17, 15) is 5.48 Å². The summed E-state index contributed by atoms with van der Waals surface area (Å²) in [7, 11) is 0. The quantitative estimate of drug-likeness (QED) is 0.175. The first-order valence-corrected chi connectivity index (χ1v) is 15.8. The molecule has 9 aromatic carbocycles. The number of hydrogen-bond donors (Lipinski definition) is 0. The summed E-state index contributed by atoms with van der Waals surface area (Å²) < 4.78 is 121. The van der Waals surface area contributed by atoms with Crippen LogP contribution in [0, 0.1) is 0 Å². The number of benzene rings is 9. The third kappa shape index (κ3) is 4.33. The summed E-state index contributed by atoms with van der Waals surface area (Å²) in [6, 6.07) is 25.0. The average molecular weight is 636 g/mol. The van der Waals surface area contributed by atoms with E-state index in [1.165, 1.54) is 0 Å². The highest BCUT2D eigenvalue weighted by Crippen LogP contribution is 2.45. The fourth-order valence-corrected chi connectivity index (χ4v) is 7.08. The van der Waals surface area contributed by atoms with Crippen molar-refractivity contribution in [2.24, 2.45) is 0 Å². The summed E-state index contributed by atoms with van der Waals surface area (Å²) in [5.74, 6) is 0. The largest absolute Gasteiger partial charge is 0.455 e. The highest BCUT2D eigenvalue weighted by atomic mass is 16.3. The molecule has 49 heavy (non-hydrogen) atoms. The third-order valence-corrected chi connectivity index (χ3v) is 9.21. The Morgan fingerprint density at radius 1 is 0.327 bits per heavy atom. The van der Waals surface area contributed by atoms with E-state index in [-0.39, 0.29) is 32.7 Å². The predicted octanol–water partition coefficient (Wildman–Crippen LogP) is 13.7. The number of para-hydroxylation sites is 2. The lowest BCUT2D eigenvalue weighted by atomic mass is 9.85. The number of furan rings is 1. The standard InChI is InChI=1S/C48H30O/c1-2-14-33(15-3-1)45-38-18-6-8-20-40(38)46(41-21-9-7-19-39(41)45)34-29-27-32(28-30-34)36-22-11-25-43-44-26-12-24-42(48(44)49-47(36)43)37-23-10-16-31-13-4-5-17-35(31)37/h1-30H/i1D,2D,3D,6D,7D,8D,9D,14D,15D,18D,19D,20D,21D. The van der Waals surface area contributed by atoms with Crippen molar-refractivity contribution in [3.8, 4) is 44.5 Å². The first-order valence-electron chi connectivity index (χ1n) is 22.3. The van der Waals surface area contributed by atoms with E-state index in [2.05, 4.69) is 24.3 Å². The summed E-state index contributed by atoms with van der Waals surface area (Å²) in [4.78, 5) is 0. The molecule has 0 fully saturated rings. The van der Waals surface area contributed by atoms with Gasteiger partial charge >= 0.3 is 0 Å². The van der Waals surface area contributed by atoms with Crippen molar-refractivity contribution in [2.45, 2.75) is 0 Å². The smallest absolute Gasteiger partial charge is 0.143 e. The molecule has 0 aliphatic heterocycles. The van der Waals surface area contributed by atoms with Gasteiger partial charge in [-0.25, -0.2) is 0 Å². The van der Waals surface area contributed by atoms with Crippen LogP contribution in [0.4, 0.5) is 0 Å². The zero-order valence-electron chi connectivity index (χ0n) is 38.7. The Balaban J connectivity index is 1.26. The van der Waals surface area contributed by atoms with Crippen LogP contribution < -0.4 is 0 Å². The molecule has 0 amide bonds. The summed E-state index contributed by atoms with van der Waals surface area (Å²) in [5.41, 5.74) is 4.50. The normalized spacial score (nSPS) is 15.4. The summed E-state index contributed by atoms with van der Waals surface area (Å²) in [6.07, 6.45) is 0. The van der Waals surface area contributed by atoms with Crippen LogP contribution in [0.25, 0.3) is 98.8 Å². The fraction of sp³-hybridized carbons (Fsp3) is 0. The Kier molecular flexibility index (Phi) is 3.99. The van der Waals surface area contributed by atoms with Crippen LogP contribution in [0.2, 0.25) is 0 Å². The SMILES string of the molecule is [2H]c1c([2H])c([2H])c(-c2c3c([2H])c([2H])c([2H])c([2H])c3c(-c3ccc(-c4cccc5c4oc4c(-c6cccc7ccccc67)cccc45)cc3)c3c([2H])c([2H])c([2H])c([2H])c23)c([2H])c1[2H]. The van der Waals surface area contributed by atoms with Crippen LogP contribution in [0.1, 0.15) is 17.8 Å². The van der Waals surface area contributed by atoms with Crippen LogP contribution >= 0.6 is 0 Å². The van der Waals surface area contributed by atoms with Gasteiger partial charge in [-0.3, -0.25) is 0 Å². The molecule has 1 aromatic heterocycles. The van der Waals surface area contributed by atoms with E-state index in [0.29, 0.717) is 11.1 Å². The van der Waals surface area contributed by atoms with Crippen molar-refractivity contribution in [3.63, 3.8) is 0 Å². The minimum absolute atomic E-state index is 0.0679. The zero-order chi connectivity index (χ0) is 43.6.